The lowest BCUT2D eigenvalue weighted by molar-refractivity contribution is -0.225. The number of carboxylic acids is 1. The van der Waals surface area contributed by atoms with Crippen molar-refractivity contribution < 1.29 is 14.7 Å². The topological polar surface area (TPSA) is 79.3 Å². The molecule has 5 aliphatic rings. The van der Waals surface area contributed by atoms with Crippen LogP contribution in [0.5, 0.6) is 0 Å². The molecule has 0 spiro atoms. The number of hydrogen-bond donors (Lipinski definition) is 2. The molecular formula is C41H54N2O3S. The van der Waals surface area contributed by atoms with Crippen LogP contribution in [0.25, 0.3) is 5.57 Å². The second-order valence-electron chi connectivity index (χ2n) is 17.4. The minimum absolute atomic E-state index is 0.00937. The summed E-state index contributed by atoms with van der Waals surface area (Å²) in [7, 11) is 0. The summed E-state index contributed by atoms with van der Waals surface area (Å²) in [6.07, 6.45) is 14.4. The van der Waals surface area contributed by atoms with E-state index in [9.17, 15) is 14.7 Å². The van der Waals surface area contributed by atoms with E-state index in [4.69, 9.17) is 0 Å². The molecular weight excluding hydrogens is 601 g/mol. The molecule has 1 heterocycles. The van der Waals surface area contributed by atoms with Gasteiger partial charge in [-0.05, 0) is 139 Å². The molecule has 252 valence electrons. The zero-order valence-corrected chi connectivity index (χ0v) is 30.1. The lowest BCUT2D eigenvalue weighted by Crippen LogP contribution is -2.66. The highest BCUT2D eigenvalue weighted by atomic mass is 32.1. The number of benzene rings is 1. The Balaban J connectivity index is 1.21. The molecule has 7 rings (SSSR count). The number of hydrogen-bond acceptors (Lipinski definition) is 4. The maximum absolute atomic E-state index is 14.3. The fraction of sp³-hybridized carbons (Fsp3) is 0.634. The van der Waals surface area contributed by atoms with Crippen molar-refractivity contribution >= 4 is 28.8 Å². The van der Waals surface area contributed by atoms with Crippen LogP contribution in [-0.2, 0) is 11.3 Å². The lowest BCUT2D eigenvalue weighted by atomic mass is 9.32. The number of aromatic nitrogens is 1. The van der Waals surface area contributed by atoms with Crippen LogP contribution in [0.2, 0.25) is 0 Å². The van der Waals surface area contributed by atoms with E-state index in [-0.39, 0.29) is 33.0 Å². The highest BCUT2D eigenvalue weighted by Crippen LogP contribution is 2.77. The lowest BCUT2D eigenvalue weighted by Gasteiger charge is -2.72. The average molecular weight is 655 g/mol. The molecule has 0 unspecified atom stereocenters. The Morgan fingerprint density at radius 2 is 1.70 bits per heavy atom. The first-order valence-electron chi connectivity index (χ1n) is 18.1. The van der Waals surface area contributed by atoms with Gasteiger partial charge >= 0.3 is 5.97 Å². The Labute approximate surface area is 285 Å². The fourth-order valence-electron chi connectivity index (χ4n) is 13.1. The zero-order chi connectivity index (χ0) is 33.6. The number of rotatable bonds is 6. The van der Waals surface area contributed by atoms with Gasteiger partial charge in [0.1, 0.15) is 5.01 Å². The Bertz CT molecular complexity index is 1610. The van der Waals surface area contributed by atoms with Gasteiger partial charge in [0.25, 0.3) is 0 Å². The number of carboxylic acid groups (broad SMARTS) is 1. The van der Waals surface area contributed by atoms with Crippen LogP contribution in [-0.4, -0.2) is 22.0 Å². The predicted octanol–water partition coefficient (Wildman–Crippen LogP) is 9.81. The minimum Gasteiger partial charge on any atom is -0.478 e. The highest BCUT2D eigenvalue weighted by molar-refractivity contribution is 7.09. The van der Waals surface area contributed by atoms with Gasteiger partial charge in [0.2, 0.25) is 5.91 Å². The molecule has 1 aromatic carbocycles. The Hall–Kier alpha value is -2.73. The van der Waals surface area contributed by atoms with Crippen LogP contribution in [0.4, 0.5) is 0 Å². The van der Waals surface area contributed by atoms with Crippen LogP contribution < -0.4 is 5.32 Å². The molecule has 47 heavy (non-hydrogen) atoms. The normalized spacial score (nSPS) is 40.2. The van der Waals surface area contributed by atoms with Crippen LogP contribution in [0.3, 0.4) is 0 Å². The number of allylic oxidation sites excluding steroid dienone is 3. The molecule has 1 aromatic heterocycles. The fourth-order valence-corrected chi connectivity index (χ4v) is 13.7. The summed E-state index contributed by atoms with van der Waals surface area (Å²) in [6.45, 7) is 20.0. The summed E-state index contributed by atoms with van der Waals surface area (Å²) in [5.74, 6) is 1.83. The molecule has 1 amide bonds. The number of carbonyl (C=O) groups is 2. The van der Waals surface area contributed by atoms with E-state index >= 15 is 0 Å². The van der Waals surface area contributed by atoms with Crippen molar-refractivity contribution in [3.8, 4) is 0 Å². The second-order valence-corrected chi connectivity index (χ2v) is 18.4. The summed E-state index contributed by atoms with van der Waals surface area (Å²) in [4.78, 5) is 30.3. The van der Waals surface area contributed by atoms with Gasteiger partial charge < -0.3 is 10.4 Å². The maximum Gasteiger partial charge on any atom is 0.335 e. The van der Waals surface area contributed by atoms with Crippen molar-refractivity contribution in [1.29, 1.82) is 0 Å². The first kappa shape index (κ1) is 32.8. The Morgan fingerprint density at radius 1 is 0.957 bits per heavy atom. The second kappa shape index (κ2) is 11.1. The largest absolute Gasteiger partial charge is 0.478 e. The molecule has 4 saturated carbocycles. The van der Waals surface area contributed by atoms with Crippen LogP contribution in [0.1, 0.15) is 120 Å². The van der Waals surface area contributed by atoms with Crippen molar-refractivity contribution in [3.63, 3.8) is 0 Å². The van der Waals surface area contributed by atoms with Gasteiger partial charge in [-0.2, -0.15) is 0 Å². The van der Waals surface area contributed by atoms with Gasteiger partial charge in [0, 0.05) is 11.6 Å². The van der Waals surface area contributed by atoms with E-state index < -0.39 is 5.97 Å². The third-order valence-corrected chi connectivity index (χ3v) is 16.2. The maximum atomic E-state index is 14.3. The SMILES string of the molecule is C=C(C)[C@@H]1CC[C@]2(C(=O)NCc3nccs3)CC[C@]3(C)[C@H](CC[C@@H]4[C@@]5(C)CC=C(c6ccc(C(=O)O)cc6)C(C)(C)[C@@H]5CC[C@]43C)[C@@H]12. The third-order valence-electron chi connectivity index (χ3n) is 15.4. The van der Waals surface area contributed by atoms with Crippen molar-refractivity contribution in [2.45, 2.75) is 106 Å². The summed E-state index contributed by atoms with van der Waals surface area (Å²) < 4.78 is 0. The van der Waals surface area contributed by atoms with E-state index in [0.29, 0.717) is 41.7 Å². The van der Waals surface area contributed by atoms with Crippen molar-refractivity contribution in [2.24, 2.45) is 56.7 Å². The number of nitrogens with zero attached hydrogens (tertiary/aromatic N) is 1. The molecule has 5 nitrogen and oxygen atoms in total. The summed E-state index contributed by atoms with van der Waals surface area (Å²) in [6, 6.07) is 7.54. The molecule has 9 atom stereocenters. The van der Waals surface area contributed by atoms with Gasteiger partial charge in [0.05, 0.1) is 17.5 Å². The van der Waals surface area contributed by atoms with Crippen LogP contribution >= 0.6 is 11.3 Å². The minimum atomic E-state index is -0.875. The van der Waals surface area contributed by atoms with Gasteiger partial charge in [-0.25, -0.2) is 9.78 Å². The molecule has 5 aliphatic carbocycles. The van der Waals surface area contributed by atoms with Gasteiger partial charge in [0.15, 0.2) is 0 Å². The van der Waals surface area contributed by atoms with Gasteiger partial charge in [-0.15, -0.1) is 11.3 Å². The molecule has 2 aromatic rings. The molecule has 6 heteroatoms. The smallest absolute Gasteiger partial charge is 0.335 e. The molecule has 2 N–H and O–H groups in total. The van der Waals surface area contributed by atoms with Crippen molar-refractivity contribution in [3.05, 3.63) is 70.2 Å². The number of aromatic carboxylic acids is 1. The van der Waals surface area contributed by atoms with E-state index in [1.807, 2.05) is 23.7 Å². The van der Waals surface area contributed by atoms with Crippen LogP contribution in [0, 0.1) is 56.7 Å². The van der Waals surface area contributed by atoms with E-state index in [1.54, 1.807) is 23.5 Å². The van der Waals surface area contributed by atoms with Gasteiger partial charge in [-0.1, -0.05) is 65.0 Å². The average Bonchev–Trinajstić information content (AvgIpc) is 3.69. The Morgan fingerprint density at radius 3 is 2.36 bits per heavy atom. The van der Waals surface area contributed by atoms with E-state index in [0.717, 1.165) is 42.7 Å². The van der Waals surface area contributed by atoms with Crippen molar-refractivity contribution in [1.82, 2.24) is 10.3 Å². The molecule has 0 radical (unpaired) electrons. The summed E-state index contributed by atoms with van der Waals surface area (Å²) >= 11 is 1.61. The number of carbonyl (C=O) groups excluding carboxylic acids is 1. The third kappa shape index (κ3) is 4.62. The molecule has 0 bridgehead atoms. The monoisotopic (exact) mass is 654 g/mol. The standard InChI is InChI=1S/C41H54N2O3S/c1-25(2)28-14-19-41(36(46)43-24-33-42-22-23-47-33)21-20-39(6)30(34(28)41)12-13-32-38(5)17-15-29(26-8-10-27(11-9-26)35(44)45)37(3,4)31(38)16-18-40(32,39)7/h8-11,15,22-23,28,30-32,34H,1,12-14,16-21,24H2,2-7H3,(H,43,46)(H,44,45)/t28-,30+,31-,32+,34+,38-,39+,40+,41-/m0/s1. The van der Waals surface area contributed by atoms with Gasteiger partial charge in [-0.3, -0.25) is 4.79 Å². The number of fused-ring (bicyclic) bond motifs is 7. The first-order valence-corrected chi connectivity index (χ1v) is 18.9. The van der Waals surface area contributed by atoms with Crippen molar-refractivity contribution in [2.75, 3.05) is 0 Å². The Kier molecular flexibility index (Phi) is 7.78. The molecule has 0 aliphatic heterocycles. The quantitative estimate of drug-likeness (QED) is 0.304. The van der Waals surface area contributed by atoms with E-state index in [2.05, 4.69) is 64.5 Å². The predicted molar refractivity (Wildman–Crippen MR) is 190 cm³/mol. The number of nitrogens with one attached hydrogen (secondary N) is 1. The van der Waals surface area contributed by atoms with E-state index in [1.165, 1.54) is 36.8 Å². The zero-order valence-electron chi connectivity index (χ0n) is 29.3. The first-order chi connectivity index (χ1) is 22.2. The number of amides is 1. The molecule has 4 fully saturated rings. The number of thiazole rings is 1. The summed E-state index contributed by atoms with van der Waals surface area (Å²) in [5.41, 5.74) is 4.40. The summed E-state index contributed by atoms with van der Waals surface area (Å²) in [5, 5.41) is 15.8. The highest BCUT2D eigenvalue weighted by Gasteiger charge is 2.71. The van der Waals surface area contributed by atoms with Crippen LogP contribution in [0.15, 0.2) is 54.1 Å². The molecule has 0 saturated heterocycles.